The number of nitrogens with zero attached hydrogens (tertiary/aromatic N) is 1. The third kappa shape index (κ3) is 4.82. The summed E-state index contributed by atoms with van der Waals surface area (Å²) < 4.78 is 0. The molecular weight excluding hydrogens is 242 g/mol. The van der Waals surface area contributed by atoms with Crippen LogP contribution in [0.1, 0.15) is 46.5 Å². The second kappa shape index (κ2) is 7.48. The molecule has 1 heterocycles. The number of nitrogens with one attached hydrogen (secondary N) is 1. The molecule has 2 atom stereocenters. The first-order valence-electron chi connectivity index (χ1n) is 7.25. The molecule has 1 rings (SSSR count). The van der Waals surface area contributed by atoms with Crippen molar-refractivity contribution in [2.75, 3.05) is 13.1 Å². The molecule has 0 spiro atoms. The molecule has 110 valence electrons. The van der Waals surface area contributed by atoms with Gasteiger partial charge in [-0.3, -0.25) is 9.59 Å². The van der Waals surface area contributed by atoms with Gasteiger partial charge in [0.1, 0.15) is 6.04 Å². The van der Waals surface area contributed by atoms with Crippen molar-refractivity contribution < 1.29 is 9.59 Å². The maximum Gasteiger partial charge on any atom is 0.243 e. The van der Waals surface area contributed by atoms with E-state index in [1.165, 1.54) is 0 Å². The minimum absolute atomic E-state index is 0.0537. The van der Waals surface area contributed by atoms with Crippen LogP contribution in [0, 0.1) is 5.92 Å². The molecule has 0 aliphatic carbocycles. The Bertz CT molecular complexity index is 318. The quantitative estimate of drug-likeness (QED) is 0.751. The Balaban J connectivity index is 2.75. The Morgan fingerprint density at radius 3 is 2.58 bits per heavy atom. The van der Waals surface area contributed by atoms with E-state index in [0.29, 0.717) is 31.8 Å². The van der Waals surface area contributed by atoms with Crippen molar-refractivity contribution in [3.8, 4) is 0 Å². The Labute approximate surface area is 115 Å². The van der Waals surface area contributed by atoms with Gasteiger partial charge in [-0.15, -0.1) is 0 Å². The normalized spacial score (nSPS) is 19.4. The van der Waals surface area contributed by atoms with E-state index in [9.17, 15) is 9.59 Å². The van der Waals surface area contributed by atoms with Crippen LogP contribution in [0.3, 0.4) is 0 Å². The van der Waals surface area contributed by atoms with Crippen molar-refractivity contribution in [3.05, 3.63) is 0 Å². The summed E-state index contributed by atoms with van der Waals surface area (Å²) in [7, 11) is 0. The molecule has 2 amide bonds. The van der Waals surface area contributed by atoms with Crippen molar-refractivity contribution in [1.82, 2.24) is 10.2 Å². The molecule has 1 aliphatic heterocycles. The predicted molar refractivity (Wildman–Crippen MR) is 75.5 cm³/mol. The van der Waals surface area contributed by atoms with Gasteiger partial charge >= 0.3 is 0 Å². The first-order chi connectivity index (χ1) is 8.95. The van der Waals surface area contributed by atoms with Crippen LogP contribution in [0.4, 0.5) is 0 Å². The zero-order chi connectivity index (χ0) is 14.4. The highest BCUT2D eigenvalue weighted by Gasteiger charge is 2.32. The van der Waals surface area contributed by atoms with Gasteiger partial charge in [-0.1, -0.05) is 13.8 Å². The second-order valence-electron chi connectivity index (χ2n) is 5.83. The highest BCUT2D eigenvalue weighted by Crippen LogP contribution is 2.19. The molecule has 1 fully saturated rings. The summed E-state index contributed by atoms with van der Waals surface area (Å²) in [6.07, 6.45) is 3.19. The fourth-order valence-corrected chi connectivity index (χ4v) is 2.38. The van der Waals surface area contributed by atoms with Crippen LogP contribution < -0.4 is 11.1 Å². The van der Waals surface area contributed by atoms with Crippen LogP contribution in [0.15, 0.2) is 0 Å². The van der Waals surface area contributed by atoms with E-state index in [0.717, 1.165) is 12.8 Å². The molecule has 0 radical (unpaired) electrons. The van der Waals surface area contributed by atoms with Crippen LogP contribution in [-0.4, -0.2) is 41.9 Å². The van der Waals surface area contributed by atoms with E-state index in [-0.39, 0.29) is 23.9 Å². The van der Waals surface area contributed by atoms with E-state index in [1.54, 1.807) is 4.90 Å². The van der Waals surface area contributed by atoms with Gasteiger partial charge in [-0.25, -0.2) is 0 Å². The Kier molecular flexibility index (Phi) is 6.28. The highest BCUT2D eigenvalue weighted by atomic mass is 16.2. The smallest absolute Gasteiger partial charge is 0.243 e. The molecule has 0 aromatic rings. The van der Waals surface area contributed by atoms with Gasteiger partial charge in [0.05, 0.1) is 0 Å². The third-order valence-corrected chi connectivity index (χ3v) is 3.48. The van der Waals surface area contributed by atoms with Gasteiger partial charge in [0, 0.05) is 25.6 Å². The number of carbonyl (C=O) groups excluding carboxylic acids is 2. The van der Waals surface area contributed by atoms with Gasteiger partial charge < -0.3 is 16.0 Å². The maximum atomic E-state index is 12.3. The molecule has 0 aromatic carbocycles. The number of hydrogen-bond donors (Lipinski definition) is 2. The molecule has 1 saturated heterocycles. The van der Waals surface area contributed by atoms with Gasteiger partial charge in [0.25, 0.3) is 0 Å². The molecule has 5 nitrogen and oxygen atoms in total. The topological polar surface area (TPSA) is 75.4 Å². The Morgan fingerprint density at radius 1 is 1.37 bits per heavy atom. The number of nitrogens with two attached hydrogens (primary N) is 1. The Morgan fingerprint density at radius 2 is 2.05 bits per heavy atom. The van der Waals surface area contributed by atoms with Crippen LogP contribution in [0.2, 0.25) is 0 Å². The highest BCUT2D eigenvalue weighted by molar-refractivity contribution is 5.88. The lowest BCUT2D eigenvalue weighted by Gasteiger charge is -2.35. The van der Waals surface area contributed by atoms with E-state index >= 15 is 0 Å². The fourth-order valence-electron chi connectivity index (χ4n) is 2.38. The van der Waals surface area contributed by atoms with E-state index in [2.05, 4.69) is 19.2 Å². The van der Waals surface area contributed by atoms with Crippen LogP contribution in [0.25, 0.3) is 0 Å². The second-order valence-corrected chi connectivity index (χ2v) is 5.83. The SMILES string of the molecule is CC(C)CC(C(=O)N[C@@H](C)CN)N1CCCCC1=O. The van der Waals surface area contributed by atoms with Crippen molar-refractivity contribution in [1.29, 1.82) is 0 Å². The molecule has 1 aliphatic rings. The number of piperidine rings is 1. The van der Waals surface area contributed by atoms with Crippen LogP contribution in [-0.2, 0) is 9.59 Å². The lowest BCUT2D eigenvalue weighted by Crippen LogP contribution is -2.54. The first-order valence-corrected chi connectivity index (χ1v) is 7.25. The summed E-state index contributed by atoms with van der Waals surface area (Å²) in [6.45, 7) is 7.12. The summed E-state index contributed by atoms with van der Waals surface area (Å²) >= 11 is 0. The third-order valence-electron chi connectivity index (χ3n) is 3.48. The van der Waals surface area contributed by atoms with E-state index < -0.39 is 0 Å². The molecule has 0 bridgehead atoms. The number of hydrogen-bond acceptors (Lipinski definition) is 3. The predicted octanol–water partition coefficient (Wildman–Crippen LogP) is 0.877. The summed E-state index contributed by atoms with van der Waals surface area (Å²) in [6, 6.07) is -0.399. The zero-order valence-corrected chi connectivity index (χ0v) is 12.3. The van der Waals surface area contributed by atoms with Crippen LogP contribution in [0.5, 0.6) is 0 Å². The van der Waals surface area contributed by atoms with Gasteiger partial charge in [0.2, 0.25) is 11.8 Å². The molecule has 1 unspecified atom stereocenters. The summed E-state index contributed by atoms with van der Waals surface area (Å²) in [5.74, 6) is 0.410. The van der Waals surface area contributed by atoms with Crippen molar-refractivity contribution >= 4 is 11.8 Å². The van der Waals surface area contributed by atoms with Gasteiger partial charge in [-0.2, -0.15) is 0 Å². The van der Waals surface area contributed by atoms with Gasteiger partial charge in [0.15, 0.2) is 0 Å². The molecular formula is C14H27N3O2. The zero-order valence-electron chi connectivity index (χ0n) is 12.3. The molecule has 0 aromatic heterocycles. The molecule has 5 heteroatoms. The van der Waals surface area contributed by atoms with Crippen molar-refractivity contribution in [2.45, 2.75) is 58.5 Å². The van der Waals surface area contributed by atoms with E-state index in [1.807, 2.05) is 6.92 Å². The minimum atomic E-state index is -0.346. The minimum Gasteiger partial charge on any atom is -0.351 e. The monoisotopic (exact) mass is 269 g/mol. The number of likely N-dealkylation sites (tertiary alicyclic amines) is 1. The van der Waals surface area contributed by atoms with Crippen molar-refractivity contribution in [3.63, 3.8) is 0 Å². The van der Waals surface area contributed by atoms with Gasteiger partial charge in [-0.05, 0) is 32.1 Å². The maximum absolute atomic E-state index is 12.3. The van der Waals surface area contributed by atoms with E-state index in [4.69, 9.17) is 5.73 Å². The Hall–Kier alpha value is -1.10. The van der Waals surface area contributed by atoms with Crippen molar-refractivity contribution in [2.24, 2.45) is 11.7 Å². The molecule has 3 N–H and O–H groups in total. The first kappa shape index (κ1) is 16.0. The number of carbonyl (C=O) groups is 2. The summed E-state index contributed by atoms with van der Waals surface area (Å²) in [4.78, 5) is 26.1. The summed E-state index contributed by atoms with van der Waals surface area (Å²) in [5, 5.41) is 2.90. The summed E-state index contributed by atoms with van der Waals surface area (Å²) in [5.41, 5.74) is 5.53. The lowest BCUT2D eigenvalue weighted by molar-refractivity contribution is -0.143. The fraction of sp³-hybridized carbons (Fsp3) is 0.857. The van der Waals surface area contributed by atoms with Crippen LogP contribution >= 0.6 is 0 Å². The number of amides is 2. The standard InChI is InChI=1S/C14H27N3O2/c1-10(2)8-12(14(19)16-11(3)9-15)17-7-5-4-6-13(17)18/h10-12H,4-9,15H2,1-3H3,(H,16,19)/t11-,12?/m0/s1. The largest absolute Gasteiger partial charge is 0.351 e. The molecule has 19 heavy (non-hydrogen) atoms. The number of rotatable bonds is 6. The lowest BCUT2D eigenvalue weighted by atomic mass is 9.98. The molecule has 0 saturated carbocycles. The average Bonchev–Trinajstić information content (AvgIpc) is 2.36. The average molecular weight is 269 g/mol.